The molecule has 1 heterocycles. The van der Waals surface area contributed by atoms with E-state index < -0.39 is 0 Å². The summed E-state index contributed by atoms with van der Waals surface area (Å²) in [5.41, 5.74) is 0. The number of hydrogen-bond acceptors (Lipinski definition) is 0. The Bertz CT molecular complexity index is 491. The molecule has 0 spiro atoms. The molecule has 2 nitrogen and oxygen atoms in total. The van der Waals surface area contributed by atoms with Crippen molar-refractivity contribution in [2.24, 2.45) is 0 Å². The summed E-state index contributed by atoms with van der Waals surface area (Å²) in [7, 11) is 0. The Balaban J connectivity index is 2.06. The third-order valence-corrected chi connectivity index (χ3v) is 6.91. The Kier molecular flexibility index (Phi) is 19.2. The van der Waals surface area contributed by atoms with Crippen LogP contribution >= 0.6 is 0 Å². The number of aromatic nitrogens is 2. The van der Waals surface area contributed by atoms with Crippen molar-refractivity contribution in [2.75, 3.05) is 0 Å². The number of imidazole rings is 1. The molecule has 182 valence electrons. The number of rotatable bonds is 23. The van der Waals surface area contributed by atoms with Crippen LogP contribution in [0.15, 0.2) is 12.4 Å². The van der Waals surface area contributed by atoms with Gasteiger partial charge in [-0.25, -0.2) is 9.13 Å². The van der Waals surface area contributed by atoms with Crippen LogP contribution in [0.25, 0.3) is 0 Å². The fraction of sp³-hybridized carbons (Fsp3) is 0.897. The van der Waals surface area contributed by atoms with E-state index in [4.69, 9.17) is 0 Å². The highest BCUT2D eigenvalue weighted by molar-refractivity contribution is 4.83. The highest BCUT2D eigenvalue weighted by Crippen LogP contribution is 2.12. The van der Waals surface area contributed by atoms with Gasteiger partial charge < -0.3 is 0 Å². The zero-order chi connectivity index (χ0) is 22.4. The van der Waals surface area contributed by atoms with E-state index in [-0.39, 0.29) is 0 Å². The van der Waals surface area contributed by atoms with E-state index in [0.717, 1.165) is 6.42 Å². The smallest absolute Gasteiger partial charge is 0.234 e. The van der Waals surface area contributed by atoms with Gasteiger partial charge in [0.15, 0.2) is 0 Å². The summed E-state index contributed by atoms with van der Waals surface area (Å²) in [6.07, 6.45) is 34.2. The zero-order valence-corrected chi connectivity index (χ0v) is 21.8. The van der Waals surface area contributed by atoms with E-state index in [1.807, 2.05) is 0 Å². The number of aryl methyl sites for hydroxylation is 2. The zero-order valence-electron chi connectivity index (χ0n) is 21.8. The van der Waals surface area contributed by atoms with Gasteiger partial charge in [-0.05, 0) is 25.7 Å². The minimum Gasteiger partial charge on any atom is -0.234 e. The van der Waals surface area contributed by atoms with E-state index in [9.17, 15) is 0 Å². The number of hydrogen-bond donors (Lipinski definition) is 0. The predicted molar refractivity (Wildman–Crippen MR) is 138 cm³/mol. The first-order valence-electron chi connectivity index (χ1n) is 14.4. The molecule has 0 aliphatic carbocycles. The van der Waals surface area contributed by atoms with Gasteiger partial charge in [0.1, 0.15) is 12.4 Å². The van der Waals surface area contributed by atoms with Crippen LogP contribution in [0.1, 0.15) is 155 Å². The Morgan fingerprint density at radius 2 is 0.968 bits per heavy atom. The lowest BCUT2D eigenvalue weighted by atomic mass is 10.1. The molecule has 1 aromatic rings. The van der Waals surface area contributed by atoms with Gasteiger partial charge in [0.2, 0.25) is 0 Å². The van der Waals surface area contributed by atoms with Crippen molar-refractivity contribution in [1.82, 2.24) is 4.57 Å². The monoisotopic (exact) mass is 433 g/mol. The van der Waals surface area contributed by atoms with Crippen molar-refractivity contribution in [2.45, 2.75) is 169 Å². The Labute approximate surface area is 196 Å². The molecule has 31 heavy (non-hydrogen) atoms. The van der Waals surface area contributed by atoms with Gasteiger partial charge in [-0.15, -0.1) is 0 Å². The minimum atomic E-state index is 1.16. The first kappa shape index (κ1) is 28.2. The fourth-order valence-corrected chi connectivity index (χ4v) is 4.85. The second-order valence-corrected chi connectivity index (χ2v) is 9.82. The lowest BCUT2D eigenvalue weighted by Crippen LogP contribution is -2.37. The average Bonchev–Trinajstić information content (AvgIpc) is 3.18. The molecule has 0 fully saturated rings. The maximum atomic E-state index is 2.53. The molecule has 0 unspecified atom stereocenters. The van der Waals surface area contributed by atoms with Crippen molar-refractivity contribution in [3.05, 3.63) is 18.2 Å². The van der Waals surface area contributed by atoms with E-state index in [1.165, 1.54) is 147 Å². The molecular weight excluding hydrogens is 376 g/mol. The second kappa shape index (κ2) is 21.1. The summed E-state index contributed by atoms with van der Waals surface area (Å²) in [6, 6.07) is 0. The van der Waals surface area contributed by atoms with Gasteiger partial charge in [0, 0.05) is 6.42 Å². The molecule has 1 aromatic heterocycles. The lowest BCUT2D eigenvalue weighted by molar-refractivity contribution is -0.704. The van der Waals surface area contributed by atoms with Gasteiger partial charge in [0.05, 0.1) is 13.1 Å². The molecule has 0 atom stereocenters. The molecule has 0 amide bonds. The van der Waals surface area contributed by atoms with Gasteiger partial charge in [-0.3, -0.25) is 0 Å². The van der Waals surface area contributed by atoms with Crippen molar-refractivity contribution in [1.29, 1.82) is 0 Å². The minimum absolute atomic E-state index is 1.16. The lowest BCUT2D eigenvalue weighted by Gasteiger charge is -2.05. The normalized spacial score (nSPS) is 11.5. The van der Waals surface area contributed by atoms with Crippen molar-refractivity contribution >= 4 is 0 Å². The van der Waals surface area contributed by atoms with Gasteiger partial charge in [-0.2, -0.15) is 0 Å². The van der Waals surface area contributed by atoms with Crippen LogP contribution in [0, 0.1) is 0 Å². The topological polar surface area (TPSA) is 8.81 Å². The number of unbranched alkanes of at least 4 members (excludes halogenated alkanes) is 18. The summed E-state index contributed by atoms with van der Waals surface area (Å²) in [5.74, 6) is 1.53. The summed E-state index contributed by atoms with van der Waals surface area (Å²) in [6.45, 7) is 9.34. The van der Waals surface area contributed by atoms with Crippen molar-refractivity contribution in [3.8, 4) is 0 Å². The summed E-state index contributed by atoms with van der Waals surface area (Å²) in [5, 5.41) is 0. The van der Waals surface area contributed by atoms with Crippen molar-refractivity contribution < 1.29 is 4.57 Å². The standard InChI is InChI=1S/C29H57N2/c1-4-7-9-11-13-15-16-18-20-22-24-26-31-28-27-30(29(31)6-3)25-23-21-19-17-14-12-10-8-5-2/h27-28H,4-26H2,1-3H3/q+1. The highest BCUT2D eigenvalue weighted by Gasteiger charge is 2.14. The van der Waals surface area contributed by atoms with Gasteiger partial charge in [0.25, 0.3) is 5.82 Å². The number of nitrogens with zero attached hydrogens (tertiary/aromatic N) is 2. The van der Waals surface area contributed by atoms with E-state index >= 15 is 0 Å². The van der Waals surface area contributed by atoms with Gasteiger partial charge in [-0.1, -0.05) is 124 Å². The van der Waals surface area contributed by atoms with E-state index in [2.05, 4.69) is 42.3 Å². The maximum Gasteiger partial charge on any atom is 0.256 e. The summed E-state index contributed by atoms with van der Waals surface area (Å²) >= 11 is 0. The molecule has 0 aromatic carbocycles. The molecule has 2 heteroatoms. The molecule has 1 rings (SSSR count). The Hall–Kier alpha value is -0.790. The SMILES string of the molecule is CCCCCCCCCCCCC[n+]1ccn(CCCCCCCCCCC)c1CC. The second-order valence-electron chi connectivity index (χ2n) is 9.82. The van der Waals surface area contributed by atoms with Crippen molar-refractivity contribution in [3.63, 3.8) is 0 Å². The highest BCUT2D eigenvalue weighted by atomic mass is 15.1. The Morgan fingerprint density at radius 3 is 1.42 bits per heavy atom. The quantitative estimate of drug-likeness (QED) is 0.120. The Morgan fingerprint density at radius 1 is 0.548 bits per heavy atom. The predicted octanol–water partition coefficient (Wildman–Crippen LogP) is 9.18. The molecule has 0 saturated carbocycles. The first-order chi connectivity index (χ1) is 15.3. The van der Waals surface area contributed by atoms with E-state index in [1.54, 1.807) is 0 Å². The van der Waals surface area contributed by atoms with Crippen LogP contribution in [0.5, 0.6) is 0 Å². The van der Waals surface area contributed by atoms with Crippen LogP contribution in [0.4, 0.5) is 0 Å². The molecular formula is C29H57N2+. The van der Waals surface area contributed by atoms with Crippen LogP contribution < -0.4 is 4.57 Å². The van der Waals surface area contributed by atoms with Gasteiger partial charge >= 0.3 is 0 Å². The molecule has 0 N–H and O–H groups in total. The summed E-state index contributed by atoms with van der Waals surface area (Å²) < 4.78 is 5.06. The largest absolute Gasteiger partial charge is 0.256 e. The van der Waals surface area contributed by atoms with Crippen LogP contribution in [0.2, 0.25) is 0 Å². The maximum absolute atomic E-state index is 2.53. The fourth-order valence-electron chi connectivity index (χ4n) is 4.85. The summed E-state index contributed by atoms with van der Waals surface area (Å²) in [4.78, 5) is 0. The first-order valence-corrected chi connectivity index (χ1v) is 14.4. The van der Waals surface area contributed by atoms with Crippen LogP contribution in [-0.2, 0) is 19.5 Å². The van der Waals surface area contributed by atoms with Crippen LogP contribution in [-0.4, -0.2) is 4.57 Å². The average molecular weight is 434 g/mol. The van der Waals surface area contributed by atoms with E-state index in [0.29, 0.717) is 0 Å². The molecule has 0 bridgehead atoms. The third kappa shape index (κ3) is 14.8. The van der Waals surface area contributed by atoms with Crippen LogP contribution in [0.3, 0.4) is 0 Å². The molecule has 0 radical (unpaired) electrons. The molecule has 0 aliphatic heterocycles. The molecule has 0 saturated heterocycles. The third-order valence-electron chi connectivity index (χ3n) is 6.91. The molecule has 0 aliphatic rings.